The van der Waals surface area contributed by atoms with Gasteiger partial charge in [-0.1, -0.05) is 0 Å². The first-order chi connectivity index (χ1) is 4.63. The molecular formula is C6H6NO2S-. The maximum absolute atomic E-state index is 10.3. The van der Waals surface area contributed by atoms with Crippen LogP contribution in [0, 0.1) is 6.92 Å². The zero-order valence-corrected chi connectivity index (χ0v) is 6.20. The predicted octanol–water partition coefficient (Wildman–Crippen LogP) is 0.00222. The molecular weight excluding hydrogens is 150 g/mol. The average Bonchev–Trinajstić information content (AvgIpc) is 2.14. The molecule has 0 bridgehead atoms. The molecule has 0 aliphatic rings. The summed E-state index contributed by atoms with van der Waals surface area (Å²) in [4.78, 5) is 10.4. The number of thiophene rings is 1. The monoisotopic (exact) mass is 156 g/mol. The van der Waals surface area contributed by atoms with Crippen LogP contribution >= 0.6 is 11.3 Å². The van der Waals surface area contributed by atoms with Crippen LogP contribution in [-0.4, -0.2) is 5.97 Å². The predicted molar refractivity (Wildman–Crippen MR) is 37.8 cm³/mol. The Morgan fingerprint density at radius 1 is 1.80 bits per heavy atom. The van der Waals surface area contributed by atoms with Crippen LogP contribution in [0.3, 0.4) is 0 Å². The number of carbonyl (C=O) groups is 1. The number of carboxylic acid groups (broad SMARTS) is 1. The second-order valence-corrected chi connectivity index (χ2v) is 2.83. The van der Waals surface area contributed by atoms with E-state index in [1.165, 1.54) is 0 Å². The molecule has 0 atom stereocenters. The second kappa shape index (κ2) is 2.30. The van der Waals surface area contributed by atoms with E-state index in [0.717, 1.165) is 16.9 Å². The molecule has 0 fully saturated rings. The highest BCUT2D eigenvalue weighted by atomic mass is 32.1. The van der Waals surface area contributed by atoms with Gasteiger partial charge in [-0.3, -0.25) is 0 Å². The largest absolute Gasteiger partial charge is 0.544 e. The molecule has 54 valence electrons. The van der Waals surface area contributed by atoms with Crippen LogP contribution in [0.5, 0.6) is 0 Å². The van der Waals surface area contributed by atoms with Gasteiger partial charge in [0.05, 0.1) is 16.5 Å². The topological polar surface area (TPSA) is 66.1 Å². The number of hydrogen-bond acceptors (Lipinski definition) is 4. The first-order valence-corrected chi connectivity index (χ1v) is 3.56. The van der Waals surface area contributed by atoms with E-state index in [1.807, 2.05) is 0 Å². The Morgan fingerprint density at radius 2 is 2.40 bits per heavy atom. The summed E-state index contributed by atoms with van der Waals surface area (Å²) in [6, 6.07) is 0. The molecule has 10 heavy (non-hydrogen) atoms. The Balaban J connectivity index is 3.17. The fraction of sp³-hybridized carbons (Fsp3) is 0.167. The van der Waals surface area contributed by atoms with Gasteiger partial charge in [-0.2, -0.15) is 0 Å². The molecule has 4 heteroatoms. The van der Waals surface area contributed by atoms with E-state index < -0.39 is 5.97 Å². The van der Waals surface area contributed by atoms with Crippen molar-refractivity contribution in [1.29, 1.82) is 0 Å². The summed E-state index contributed by atoms with van der Waals surface area (Å²) in [5.41, 5.74) is 6.51. The fourth-order valence-electron chi connectivity index (χ4n) is 0.611. The van der Waals surface area contributed by atoms with Gasteiger partial charge in [-0.15, -0.1) is 11.3 Å². The Hall–Kier alpha value is -1.03. The number of nitrogens with two attached hydrogens (primary N) is 1. The highest BCUT2D eigenvalue weighted by Gasteiger charge is 2.04. The summed E-state index contributed by atoms with van der Waals surface area (Å²) in [6.07, 6.45) is 0. The van der Waals surface area contributed by atoms with E-state index in [9.17, 15) is 9.90 Å². The lowest BCUT2D eigenvalue weighted by atomic mass is 10.3. The maximum atomic E-state index is 10.3. The molecule has 1 aromatic rings. The van der Waals surface area contributed by atoms with Crippen molar-refractivity contribution in [3.63, 3.8) is 0 Å². The minimum absolute atomic E-state index is 0.123. The van der Waals surface area contributed by atoms with Crippen LogP contribution in [0.2, 0.25) is 0 Å². The third-order valence-electron chi connectivity index (χ3n) is 1.21. The van der Waals surface area contributed by atoms with Gasteiger partial charge >= 0.3 is 0 Å². The van der Waals surface area contributed by atoms with E-state index in [0.29, 0.717) is 5.69 Å². The van der Waals surface area contributed by atoms with Crippen LogP contribution < -0.4 is 10.8 Å². The van der Waals surface area contributed by atoms with Crippen LogP contribution in [0.15, 0.2) is 5.38 Å². The van der Waals surface area contributed by atoms with Crippen molar-refractivity contribution in [1.82, 2.24) is 0 Å². The standard InChI is InChI=1S/C6H7NO2S/c1-3-2-10-5(4(3)7)6(8)9/h2H,7H2,1H3,(H,8,9)/p-1. The molecule has 0 spiro atoms. The zero-order chi connectivity index (χ0) is 7.72. The first kappa shape index (κ1) is 7.08. The molecule has 2 N–H and O–H groups in total. The van der Waals surface area contributed by atoms with Gasteiger partial charge in [0.2, 0.25) is 0 Å². The summed E-state index contributed by atoms with van der Waals surface area (Å²) in [5.74, 6) is -1.20. The van der Waals surface area contributed by atoms with E-state index in [1.54, 1.807) is 12.3 Å². The maximum Gasteiger partial charge on any atom is 0.0836 e. The van der Waals surface area contributed by atoms with Gasteiger partial charge < -0.3 is 15.6 Å². The van der Waals surface area contributed by atoms with Crippen molar-refractivity contribution in [3.8, 4) is 0 Å². The lowest BCUT2D eigenvalue weighted by Gasteiger charge is -1.98. The van der Waals surface area contributed by atoms with Crippen LogP contribution in [0.4, 0.5) is 5.69 Å². The molecule has 0 radical (unpaired) electrons. The van der Waals surface area contributed by atoms with Crippen molar-refractivity contribution < 1.29 is 9.90 Å². The quantitative estimate of drug-likeness (QED) is 0.622. The molecule has 0 saturated carbocycles. The number of aromatic carboxylic acids is 1. The van der Waals surface area contributed by atoms with E-state index in [4.69, 9.17) is 5.73 Å². The highest BCUT2D eigenvalue weighted by molar-refractivity contribution is 7.12. The van der Waals surface area contributed by atoms with Crippen LogP contribution in [0.25, 0.3) is 0 Å². The van der Waals surface area contributed by atoms with Crippen molar-refractivity contribution in [2.24, 2.45) is 0 Å². The van der Waals surface area contributed by atoms with E-state index >= 15 is 0 Å². The lowest BCUT2D eigenvalue weighted by Crippen LogP contribution is -2.22. The molecule has 0 aromatic carbocycles. The first-order valence-electron chi connectivity index (χ1n) is 2.68. The number of anilines is 1. The average molecular weight is 156 g/mol. The molecule has 1 heterocycles. The van der Waals surface area contributed by atoms with Gasteiger partial charge in [0.25, 0.3) is 0 Å². The smallest absolute Gasteiger partial charge is 0.0836 e. The van der Waals surface area contributed by atoms with Gasteiger partial charge in [0, 0.05) is 0 Å². The minimum atomic E-state index is -1.20. The molecule has 0 saturated heterocycles. The van der Waals surface area contributed by atoms with Gasteiger partial charge in [0.1, 0.15) is 0 Å². The van der Waals surface area contributed by atoms with E-state index in [2.05, 4.69) is 0 Å². The second-order valence-electron chi connectivity index (χ2n) is 1.95. The van der Waals surface area contributed by atoms with Gasteiger partial charge in [0.15, 0.2) is 0 Å². The number of nitrogen functional groups attached to an aromatic ring is 1. The third kappa shape index (κ3) is 0.974. The van der Waals surface area contributed by atoms with Crippen molar-refractivity contribution >= 4 is 23.0 Å². The number of hydrogen-bond donors (Lipinski definition) is 1. The summed E-state index contributed by atoms with van der Waals surface area (Å²) >= 11 is 1.10. The minimum Gasteiger partial charge on any atom is -0.544 e. The third-order valence-corrected chi connectivity index (χ3v) is 2.30. The van der Waals surface area contributed by atoms with Crippen LogP contribution in [-0.2, 0) is 0 Å². The van der Waals surface area contributed by atoms with Crippen LogP contribution in [0.1, 0.15) is 15.2 Å². The molecule has 0 unspecified atom stereocenters. The van der Waals surface area contributed by atoms with Crippen molar-refractivity contribution in [2.45, 2.75) is 6.92 Å². The molecule has 3 nitrogen and oxygen atoms in total. The molecule has 1 rings (SSSR count). The van der Waals surface area contributed by atoms with Gasteiger partial charge in [-0.25, -0.2) is 0 Å². The Bertz CT molecular complexity index is 267. The Kier molecular flexibility index (Phi) is 1.63. The molecule has 0 amide bonds. The zero-order valence-electron chi connectivity index (χ0n) is 5.38. The summed E-state index contributed by atoms with van der Waals surface area (Å²) < 4.78 is 0. The van der Waals surface area contributed by atoms with E-state index in [-0.39, 0.29) is 4.88 Å². The summed E-state index contributed by atoms with van der Waals surface area (Å²) in [7, 11) is 0. The molecule has 0 aliphatic heterocycles. The number of carbonyl (C=O) groups excluding carboxylic acids is 1. The summed E-state index contributed by atoms with van der Waals surface area (Å²) in [6.45, 7) is 1.76. The Morgan fingerprint density at radius 3 is 2.60 bits per heavy atom. The highest BCUT2D eigenvalue weighted by Crippen LogP contribution is 2.22. The van der Waals surface area contributed by atoms with Crippen molar-refractivity contribution in [3.05, 3.63) is 15.8 Å². The normalized spacial score (nSPS) is 9.70. The summed E-state index contributed by atoms with van der Waals surface area (Å²) in [5, 5.41) is 11.9. The number of carboxylic acids is 1. The SMILES string of the molecule is Cc1csc(C(=O)[O-])c1N. The lowest BCUT2D eigenvalue weighted by molar-refractivity contribution is -0.254. The Labute approximate surface area is 62.1 Å². The molecule has 1 aromatic heterocycles. The number of rotatable bonds is 1. The fourth-order valence-corrected chi connectivity index (χ4v) is 1.42. The molecule has 0 aliphatic carbocycles. The van der Waals surface area contributed by atoms with Crippen molar-refractivity contribution in [2.75, 3.05) is 5.73 Å². The number of aryl methyl sites for hydroxylation is 1. The van der Waals surface area contributed by atoms with Gasteiger partial charge in [-0.05, 0) is 17.9 Å².